The maximum atomic E-state index is 10.7. The molecule has 5 heteroatoms. The molecule has 0 aliphatic carbocycles. The summed E-state index contributed by atoms with van der Waals surface area (Å²) in [5.74, 6) is 0.674. The van der Waals surface area contributed by atoms with E-state index in [0.717, 1.165) is 30.0 Å². The van der Waals surface area contributed by atoms with Crippen LogP contribution in [0.1, 0.15) is 24.8 Å². The summed E-state index contributed by atoms with van der Waals surface area (Å²) in [6.45, 7) is 2.90. The molecule has 1 fully saturated rings. The van der Waals surface area contributed by atoms with Crippen LogP contribution in [0.3, 0.4) is 0 Å². The fourth-order valence-electron chi connectivity index (χ4n) is 3.91. The van der Waals surface area contributed by atoms with E-state index in [1.165, 1.54) is 19.3 Å². The Hall–Kier alpha value is -2.99. The van der Waals surface area contributed by atoms with Crippen molar-refractivity contribution >= 4 is 17.2 Å². The number of hydroxylamine groups is 1. The number of piperidine rings is 1. The van der Waals surface area contributed by atoms with Crippen molar-refractivity contribution in [3.05, 3.63) is 96.6 Å². The number of amidine groups is 1. The van der Waals surface area contributed by atoms with Gasteiger partial charge in [0.2, 0.25) is 0 Å². The third-order valence-corrected chi connectivity index (χ3v) is 5.52. The van der Waals surface area contributed by atoms with E-state index in [-0.39, 0.29) is 6.61 Å². The summed E-state index contributed by atoms with van der Waals surface area (Å²) in [7, 11) is 0. The summed E-state index contributed by atoms with van der Waals surface area (Å²) in [5.41, 5.74) is 2.63. The third-order valence-electron chi connectivity index (χ3n) is 5.52. The zero-order chi connectivity index (χ0) is 22.0. The Labute approximate surface area is 190 Å². The normalized spacial score (nSPS) is 16.0. The molecule has 0 bridgehead atoms. The minimum Gasteiger partial charge on any atom is -0.389 e. The van der Waals surface area contributed by atoms with Crippen molar-refractivity contribution in [3.63, 3.8) is 0 Å². The van der Waals surface area contributed by atoms with E-state index in [2.05, 4.69) is 4.90 Å². The summed E-state index contributed by atoms with van der Waals surface area (Å²) < 4.78 is 0. The molecular weight excluding hydrogens is 398 g/mol. The molecule has 0 aromatic heterocycles. The highest BCUT2D eigenvalue weighted by molar-refractivity contribution is 6.09. The minimum absolute atomic E-state index is 0.187. The van der Waals surface area contributed by atoms with Gasteiger partial charge in [-0.05, 0) is 50.2 Å². The van der Waals surface area contributed by atoms with Gasteiger partial charge in [0.1, 0.15) is 6.61 Å². The van der Waals surface area contributed by atoms with E-state index in [0.29, 0.717) is 12.4 Å². The smallest absolute Gasteiger partial charge is 0.165 e. The maximum Gasteiger partial charge on any atom is 0.165 e. The molecule has 0 amide bonds. The van der Waals surface area contributed by atoms with Gasteiger partial charge in [-0.25, -0.2) is 10.1 Å². The Balaban J connectivity index is 1.60. The number of likely N-dealkylation sites (tertiary alicyclic amines) is 1. The van der Waals surface area contributed by atoms with Crippen LogP contribution in [0.4, 0.5) is 11.4 Å². The van der Waals surface area contributed by atoms with Crippen LogP contribution in [0.25, 0.3) is 0 Å². The largest absolute Gasteiger partial charge is 0.389 e. The van der Waals surface area contributed by atoms with Crippen molar-refractivity contribution in [2.45, 2.75) is 25.4 Å². The second-order valence-corrected chi connectivity index (χ2v) is 8.08. The summed E-state index contributed by atoms with van der Waals surface area (Å²) in [5, 5.41) is 12.4. The minimum atomic E-state index is -0.576. The first-order valence-corrected chi connectivity index (χ1v) is 11.4. The van der Waals surface area contributed by atoms with Gasteiger partial charge in [-0.3, -0.25) is 4.84 Å². The SMILES string of the molecule is OC(CON(C(=Nc1ccccc1)c1ccccc1)c1ccccc1)CN1CCCCC1. The van der Waals surface area contributed by atoms with Crippen molar-refractivity contribution in [1.29, 1.82) is 0 Å². The molecule has 3 aromatic rings. The Morgan fingerprint density at radius 2 is 1.44 bits per heavy atom. The standard InChI is InChI=1S/C27H31N3O2/c31-26(21-29-19-11-4-12-20-29)22-32-30(25-17-9-3-10-18-25)27(23-13-5-1-6-14-23)28-24-15-7-2-8-16-24/h1-3,5-10,13-18,26,31H,4,11-12,19-22H2. The summed E-state index contributed by atoms with van der Waals surface area (Å²) in [6.07, 6.45) is 3.10. The van der Waals surface area contributed by atoms with Gasteiger partial charge in [-0.1, -0.05) is 73.2 Å². The van der Waals surface area contributed by atoms with Crippen molar-refractivity contribution in [2.75, 3.05) is 31.3 Å². The number of aliphatic hydroxyl groups is 1. The highest BCUT2D eigenvalue weighted by Gasteiger charge is 2.21. The predicted octanol–water partition coefficient (Wildman–Crippen LogP) is 5.05. The number of anilines is 1. The number of hydrogen-bond acceptors (Lipinski definition) is 4. The van der Waals surface area contributed by atoms with E-state index in [9.17, 15) is 5.11 Å². The Kier molecular flexibility index (Phi) is 8.04. The van der Waals surface area contributed by atoms with Crippen molar-refractivity contribution < 1.29 is 9.94 Å². The van der Waals surface area contributed by atoms with Crippen molar-refractivity contribution in [1.82, 2.24) is 4.90 Å². The fraction of sp³-hybridized carbons (Fsp3) is 0.296. The summed E-state index contributed by atoms with van der Waals surface area (Å²) >= 11 is 0. The highest BCUT2D eigenvalue weighted by Crippen LogP contribution is 2.22. The predicted molar refractivity (Wildman–Crippen MR) is 130 cm³/mol. The van der Waals surface area contributed by atoms with Crippen LogP contribution >= 0.6 is 0 Å². The molecule has 166 valence electrons. The number of β-amino-alcohol motifs (C(OH)–C–C–N with tert-alkyl or cyclic N) is 1. The van der Waals surface area contributed by atoms with Gasteiger partial charge in [0, 0.05) is 12.1 Å². The first-order chi connectivity index (χ1) is 15.8. The molecule has 1 unspecified atom stereocenters. The number of rotatable bonds is 8. The van der Waals surface area contributed by atoms with Crippen LogP contribution in [0.15, 0.2) is 96.0 Å². The number of para-hydroxylation sites is 2. The van der Waals surface area contributed by atoms with Crippen molar-refractivity contribution in [2.24, 2.45) is 4.99 Å². The Bertz CT molecular complexity index is 958. The molecule has 0 radical (unpaired) electrons. The first-order valence-electron chi connectivity index (χ1n) is 11.4. The number of aliphatic hydroxyl groups excluding tert-OH is 1. The van der Waals surface area contributed by atoms with E-state index < -0.39 is 6.10 Å². The molecule has 1 aliphatic heterocycles. The lowest BCUT2D eigenvalue weighted by Crippen LogP contribution is -2.41. The van der Waals surface area contributed by atoms with E-state index in [4.69, 9.17) is 9.83 Å². The molecule has 1 aliphatic rings. The van der Waals surface area contributed by atoms with Crippen LogP contribution in [0.5, 0.6) is 0 Å². The van der Waals surface area contributed by atoms with Gasteiger partial charge in [0.25, 0.3) is 0 Å². The molecule has 1 N–H and O–H groups in total. The molecule has 0 saturated carbocycles. The quantitative estimate of drug-likeness (QED) is 0.309. The van der Waals surface area contributed by atoms with Gasteiger partial charge in [0.05, 0.1) is 17.5 Å². The second kappa shape index (κ2) is 11.6. The average Bonchev–Trinajstić information content (AvgIpc) is 2.86. The molecule has 0 spiro atoms. The van der Waals surface area contributed by atoms with Crippen molar-refractivity contribution in [3.8, 4) is 0 Å². The molecule has 32 heavy (non-hydrogen) atoms. The molecule has 1 heterocycles. The highest BCUT2D eigenvalue weighted by atomic mass is 16.7. The lowest BCUT2D eigenvalue weighted by Gasteiger charge is -2.30. The van der Waals surface area contributed by atoms with Crippen LogP contribution in [-0.4, -0.2) is 48.2 Å². The first kappa shape index (κ1) is 22.2. The number of benzene rings is 3. The van der Waals surface area contributed by atoms with Gasteiger partial charge in [-0.15, -0.1) is 0 Å². The number of nitrogens with zero attached hydrogens (tertiary/aromatic N) is 3. The summed E-state index contributed by atoms with van der Waals surface area (Å²) in [6, 6.07) is 29.8. The Morgan fingerprint density at radius 1 is 0.844 bits per heavy atom. The average molecular weight is 430 g/mol. The maximum absolute atomic E-state index is 10.7. The molecule has 1 atom stereocenters. The van der Waals surface area contributed by atoms with Gasteiger partial charge in [0.15, 0.2) is 5.84 Å². The van der Waals surface area contributed by atoms with E-state index in [1.807, 2.05) is 91.0 Å². The van der Waals surface area contributed by atoms with Crippen LogP contribution in [0, 0.1) is 0 Å². The molecule has 3 aromatic carbocycles. The number of aliphatic imine (C=N–C) groups is 1. The zero-order valence-electron chi connectivity index (χ0n) is 18.4. The third kappa shape index (κ3) is 6.26. The molecule has 1 saturated heterocycles. The number of hydrogen-bond donors (Lipinski definition) is 1. The van der Waals surface area contributed by atoms with Crippen LogP contribution in [-0.2, 0) is 4.84 Å². The Morgan fingerprint density at radius 3 is 2.09 bits per heavy atom. The van der Waals surface area contributed by atoms with E-state index in [1.54, 1.807) is 5.06 Å². The fourth-order valence-corrected chi connectivity index (χ4v) is 3.91. The lowest BCUT2D eigenvalue weighted by atomic mass is 10.1. The van der Waals surface area contributed by atoms with Gasteiger partial charge in [-0.2, -0.15) is 0 Å². The van der Waals surface area contributed by atoms with Gasteiger partial charge < -0.3 is 10.0 Å². The molecule has 5 nitrogen and oxygen atoms in total. The topological polar surface area (TPSA) is 48.3 Å². The monoisotopic (exact) mass is 429 g/mol. The zero-order valence-corrected chi connectivity index (χ0v) is 18.4. The second-order valence-electron chi connectivity index (χ2n) is 8.08. The lowest BCUT2D eigenvalue weighted by molar-refractivity contribution is 0.0162. The van der Waals surface area contributed by atoms with Gasteiger partial charge >= 0.3 is 0 Å². The molecular formula is C27H31N3O2. The van der Waals surface area contributed by atoms with Crippen LogP contribution < -0.4 is 5.06 Å². The van der Waals surface area contributed by atoms with E-state index >= 15 is 0 Å². The van der Waals surface area contributed by atoms with Crippen LogP contribution in [0.2, 0.25) is 0 Å². The molecule has 4 rings (SSSR count). The summed E-state index contributed by atoms with van der Waals surface area (Å²) in [4.78, 5) is 13.5.